The van der Waals surface area contributed by atoms with Gasteiger partial charge in [0, 0.05) is 11.1 Å². The summed E-state index contributed by atoms with van der Waals surface area (Å²) in [4.78, 5) is 29.6. The van der Waals surface area contributed by atoms with Crippen molar-refractivity contribution in [1.82, 2.24) is 9.97 Å². The largest absolute Gasteiger partial charge is 2.00 e. The molecule has 9 heteroatoms. The molecule has 2 aromatic carbocycles. The van der Waals surface area contributed by atoms with Gasteiger partial charge >= 0.3 is 16.5 Å². The van der Waals surface area contributed by atoms with Gasteiger partial charge in [0.2, 0.25) is 0 Å². The van der Waals surface area contributed by atoms with Gasteiger partial charge < -0.3 is 40.4 Å². The molecule has 0 fully saturated rings. The Kier molecular flexibility index (Phi) is 9.55. The first-order chi connectivity index (χ1) is 15.5. The van der Waals surface area contributed by atoms with Crippen LogP contribution >= 0.6 is 0 Å². The molecule has 8 nitrogen and oxygen atoms in total. The summed E-state index contributed by atoms with van der Waals surface area (Å²) in [7, 11) is 0. The maximum Gasteiger partial charge on any atom is 2.00 e. The van der Waals surface area contributed by atoms with Gasteiger partial charge in [0.05, 0.1) is 11.9 Å². The smallest absolute Gasteiger partial charge is 0.545 e. The molecule has 0 aliphatic rings. The quantitative estimate of drug-likeness (QED) is 0.385. The molecule has 168 valence electrons. The Hall–Kier alpha value is -4.23. The third kappa shape index (κ3) is 7.45. The third-order valence-corrected chi connectivity index (χ3v) is 4.02. The maximum atomic E-state index is 10.8. The fourth-order valence-electron chi connectivity index (χ4n) is 2.57. The fourth-order valence-corrected chi connectivity index (χ4v) is 2.57. The zero-order valence-electron chi connectivity index (χ0n) is 17.0. The maximum absolute atomic E-state index is 10.8. The molecule has 0 saturated carbocycles. The summed E-state index contributed by atoms with van der Waals surface area (Å²) in [5.74, 6) is -1.54. The number of aromatic nitrogens is 2. The van der Waals surface area contributed by atoms with Gasteiger partial charge in [-0.05, 0) is 11.4 Å². The van der Waals surface area contributed by atoms with Crippen molar-refractivity contribution in [2.75, 3.05) is 0 Å². The molecule has 0 radical (unpaired) electrons. The number of para-hydroxylation sites is 2. The summed E-state index contributed by atoms with van der Waals surface area (Å²) in [5.41, 5.74) is 0.823. The Morgan fingerprint density at radius 2 is 0.939 bits per heavy atom. The van der Waals surface area contributed by atoms with Gasteiger partial charge in [0.1, 0.15) is 0 Å². The normalized spacial score (nSPS) is 9.45. The van der Waals surface area contributed by atoms with Crippen LogP contribution in [-0.4, -0.2) is 21.9 Å². The average molecular weight is 483 g/mol. The molecule has 2 aromatic heterocycles. The molecule has 0 atom stereocenters. The predicted molar refractivity (Wildman–Crippen MR) is 115 cm³/mol. The Morgan fingerprint density at radius 1 is 0.576 bits per heavy atom. The minimum absolute atomic E-state index is 0. The van der Waals surface area contributed by atoms with Crippen LogP contribution in [0, 0.1) is 0 Å². The molecule has 2 heterocycles. The van der Waals surface area contributed by atoms with Crippen molar-refractivity contribution in [2.24, 2.45) is 0 Å². The summed E-state index contributed by atoms with van der Waals surface area (Å²) in [6, 6.07) is 23.3. The van der Waals surface area contributed by atoms with Crippen molar-refractivity contribution in [2.45, 2.75) is 0 Å². The van der Waals surface area contributed by atoms with Gasteiger partial charge in [-0.3, -0.25) is 0 Å². The fraction of sp³-hybridized carbons (Fsp3) is 0. The monoisotopic (exact) mass is 482 g/mol. The van der Waals surface area contributed by atoms with Crippen LogP contribution in [0.15, 0.2) is 97.3 Å². The number of carbonyl (C=O) groups is 2. The van der Waals surface area contributed by atoms with E-state index >= 15 is 0 Å². The summed E-state index contributed by atoms with van der Waals surface area (Å²) in [6.45, 7) is 0. The molecular formula is C24H16N4NiO4-2. The first kappa shape index (κ1) is 25.0. The number of benzene rings is 2. The van der Waals surface area contributed by atoms with E-state index in [0.29, 0.717) is 23.0 Å². The second-order valence-electron chi connectivity index (χ2n) is 6.21. The van der Waals surface area contributed by atoms with E-state index in [1.165, 1.54) is 12.1 Å². The number of carboxylic acids is 2. The van der Waals surface area contributed by atoms with Crippen molar-refractivity contribution in [3.8, 4) is 0 Å². The van der Waals surface area contributed by atoms with Crippen molar-refractivity contribution in [3.63, 3.8) is 0 Å². The minimum Gasteiger partial charge on any atom is -0.545 e. The summed E-state index contributed by atoms with van der Waals surface area (Å²) in [5, 5.41) is 29.9. The van der Waals surface area contributed by atoms with Crippen LogP contribution in [0.5, 0.6) is 0 Å². The number of carbonyl (C=O) groups excluding carboxylic acids is 2. The van der Waals surface area contributed by atoms with E-state index in [0.717, 1.165) is 0 Å². The van der Waals surface area contributed by atoms with Crippen molar-refractivity contribution < 1.29 is 36.3 Å². The first-order valence-corrected chi connectivity index (χ1v) is 9.41. The minimum atomic E-state index is -1.24. The van der Waals surface area contributed by atoms with Gasteiger partial charge in [-0.2, -0.15) is 0 Å². The van der Waals surface area contributed by atoms with Crippen molar-refractivity contribution >= 4 is 34.9 Å². The first-order valence-electron chi connectivity index (χ1n) is 9.41. The molecule has 0 spiro atoms. The van der Waals surface area contributed by atoms with Crippen LogP contribution in [0.3, 0.4) is 0 Å². The number of hydrogen-bond donors (Lipinski definition) is 0. The van der Waals surface area contributed by atoms with Crippen LogP contribution in [0.1, 0.15) is 20.7 Å². The molecule has 33 heavy (non-hydrogen) atoms. The van der Waals surface area contributed by atoms with E-state index in [-0.39, 0.29) is 27.6 Å². The molecule has 4 aromatic rings. The summed E-state index contributed by atoms with van der Waals surface area (Å²) >= 11 is 0. The van der Waals surface area contributed by atoms with Gasteiger partial charge in [0.15, 0.2) is 0 Å². The topological polar surface area (TPSA) is 134 Å². The van der Waals surface area contributed by atoms with E-state index in [1.54, 1.807) is 85.2 Å². The van der Waals surface area contributed by atoms with Crippen LogP contribution in [0.25, 0.3) is 10.6 Å². The Morgan fingerprint density at radius 3 is 1.27 bits per heavy atom. The van der Waals surface area contributed by atoms with Crippen molar-refractivity contribution in [1.29, 1.82) is 0 Å². The van der Waals surface area contributed by atoms with E-state index < -0.39 is 11.9 Å². The second kappa shape index (κ2) is 12.6. The second-order valence-corrected chi connectivity index (χ2v) is 6.21. The molecule has 0 amide bonds. The van der Waals surface area contributed by atoms with Crippen LogP contribution in [0.4, 0.5) is 23.0 Å². The number of nitrogens with zero attached hydrogens (tertiary/aromatic N) is 4. The Labute approximate surface area is 200 Å². The SMILES string of the molecule is O=C([O-])c1ccccc1[N-]c1ccccn1.O=C([O-])c1ccccc1[N-]c1ccccn1.[Ni+2]. The van der Waals surface area contributed by atoms with Gasteiger partial charge in [-0.25, -0.2) is 0 Å². The Balaban J connectivity index is 0.000000227. The summed E-state index contributed by atoms with van der Waals surface area (Å²) in [6.07, 6.45) is 3.20. The molecule has 0 bridgehead atoms. The standard InChI is InChI=1S/2C12H10N2O2.Ni/c2*15-12(16)9-5-1-2-6-10(9)14-11-7-3-4-8-13-11;/h2*1-8H,(H2,13,14,15,16);/q;;+2/p-4. The van der Waals surface area contributed by atoms with E-state index in [1.807, 2.05) is 0 Å². The zero-order chi connectivity index (χ0) is 22.8. The zero-order valence-corrected chi connectivity index (χ0v) is 18.0. The average Bonchev–Trinajstić information content (AvgIpc) is 2.81. The van der Waals surface area contributed by atoms with Gasteiger partial charge in [-0.1, -0.05) is 109 Å². The molecule has 0 saturated heterocycles. The van der Waals surface area contributed by atoms with E-state index in [9.17, 15) is 19.8 Å². The van der Waals surface area contributed by atoms with Gasteiger partial charge in [-0.15, -0.1) is 0 Å². The molecule has 0 N–H and O–H groups in total. The molecule has 0 aliphatic heterocycles. The predicted octanol–water partition coefficient (Wildman–Crippen LogP) is 3.56. The van der Waals surface area contributed by atoms with Crippen LogP contribution in [0.2, 0.25) is 0 Å². The third-order valence-electron chi connectivity index (χ3n) is 4.02. The molecule has 4 rings (SSSR count). The Bertz CT molecular complexity index is 1100. The van der Waals surface area contributed by atoms with E-state index in [2.05, 4.69) is 20.6 Å². The van der Waals surface area contributed by atoms with Crippen LogP contribution in [-0.2, 0) is 16.5 Å². The molecular weight excluding hydrogens is 467 g/mol. The number of pyridine rings is 2. The van der Waals surface area contributed by atoms with Crippen molar-refractivity contribution in [3.05, 3.63) is 119 Å². The molecule has 0 aliphatic carbocycles. The number of aromatic carboxylic acids is 2. The molecule has 0 unspecified atom stereocenters. The van der Waals surface area contributed by atoms with E-state index in [4.69, 9.17) is 0 Å². The van der Waals surface area contributed by atoms with Crippen LogP contribution < -0.4 is 10.2 Å². The summed E-state index contributed by atoms with van der Waals surface area (Å²) < 4.78 is 0. The van der Waals surface area contributed by atoms with Gasteiger partial charge in [0.25, 0.3) is 0 Å². The number of carboxylic acid groups (broad SMARTS) is 2. The number of hydrogen-bond acceptors (Lipinski definition) is 6. The number of rotatable bonds is 6.